The Kier molecular flexibility index (Phi) is 5.33. The molecule has 1 aliphatic rings. The summed E-state index contributed by atoms with van der Waals surface area (Å²) < 4.78 is 16.0. The van der Waals surface area contributed by atoms with Crippen molar-refractivity contribution in [1.29, 1.82) is 5.26 Å². The van der Waals surface area contributed by atoms with Crippen molar-refractivity contribution < 1.29 is 9.18 Å². The van der Waals surface area contributed by atoms with Crippen molar-refractivity contribution in [3.05, 3.63) is 94.0 Å². The second kappa shape index (κ2) is 8.61. The quantitative estimate of drug-likeness (QED) is 0.354. The largest absolute Gasteiger partial charge is 0.383 e. The van der Waals surface area contributed by atoms with Crippen molar-refractivity contribution in [2.75, 3.05) is 11.1 Å². The molecule has 3 N–H and O–H groups in total. The Balaban J connectivity index is 1.49. The molecule has 0 bridgehead atoms. The van der Waals surface area contributed by atoms with Gasteiger partial charge in [-0.25, -0.2) is 14.4 Å². The maximum absolute atomic E-state index is 14.4. The summed E-state index contributed by atoms with van der Waals surface area (Å²) in [6, 6.07) is 16.9. The van der Waals surface area contributed by atoms with Crippen LogP contribution < -0.4 is 11.1 Å². The predicted octanol–water partition coefficient (Wildman–Crippen LogP) is 4.44. The summed E-state index contributed by atoms with van der Waals surface area (Å²) in [4.78, 5) is 26.6. The van der Waals surface area contributed by atoms with E-state index < -0.39 is 5.41 Å². The molecule has 1 atom stereocenters. The Hall–Kier alpha value is -4.88. The van der Waals surface area contributed by atoms with Crippen LogP contribution in [0.15, 0.2) is 60.8 Å². The second-order valence-electron chi connectivity index (χ2n) is 9.04. The van der Waals surface area contributed by atoms with Crippen LogP contribution in [0.3, 0.4) is 0 Å². The van der Waals surface area contributed by atoms with E-state index in [1.165, 1.54) is 12.3 Å². The highest BCUT2D eigenvalue weighted by molar-refractivity contribution is 6.31. The van der Waals surface area contributed by atoms with E-state index in [0.717, 1.165) is 0 Å². The smallest absolute Gasteiger partial charge is 0.242 e. The van der Waals surface area contributed by atoms with Crippen LogP contribution in [-0.2, 0) is 16.8 Å². The van der Waals surface area contributed by atoms with Crippen molar-refractivity contribution in [3.8, 4) is 17.6 Å². The summed E-state index contributed by atoms with van der Waals surface area (Å²) in [6.45, 7) is 1.84. The van der Waals surface area contributed by atoms with Gasteiger partial charge in [0.1, 0.15) is 34.6 Å². The first-order valence-electron chi connectivity index (χ1n) is 11.6. The van der Waals surface area contributed by atoms with Crippen LogP contribution in [0.2, 0.25) is 5.02 Å². The zero-order valence-corrected chi connectivity index (χ0v) is 20.7. The van der Waals surface area contributed by atoms with Crippen molar-refractivity contribution in [1.82, 2.24) is 24.7 Å². The average molecular weight is 525 g/mol. The molecule has 3 aromatic heterocycles. The lowest BCUT2D eigenvalue weighted by Gasteiger charge is -2.22. The van der Waals surface area contributed by atoms with Gasteiger partial charge in [0.05, 0.1) is 28.9 Å². The Bertz CT molecular complexity index is 1810. The highest BCUT2D eigenvalue weighted by atomic mass is 35.5. The molecule has 0 aliphatic carbocycles. The molecule has 0 fully saturated rings. The molecular weight excluding hydrogens is 507 g/mol. The van der Waals surface area contributed by atoms with Gasteiger partial charge in [0.2, 0.25) is 5.91 Å². The number of nitrogens with two attached hydrogens (primary N) is 1. The molecule has 0 spiro atoms. The standard InChI is InChI=1S/C27H18ClFN8O/c1-27(20-9-6-14(11-30)12-32-20)21-23(31)33-25(34-24(21)35-26(27)38)22-17-8-7-16(28)10-19(17)37(36-22)13-15-4-2-3-5-18(15)29/h2-10,12H,13H2,1H3,(H3,31,33,34,35,38). The van der Waals surface area contributed by atoms with E-state index >= 15 is 0 Å². The summed E-state index contributed by atoms with van der Waals surface area (Å²) in [5.41, 5.74) is 7.86. The van der Waals surface area contributed by atoms with E-state index in [-0.39, 0.29) is 35.7 Å². The topological polar surface area (TPSA) is 135 Å². The molecule has 9 nitrogen and oxygen atoms in total. The van der Waals surface area contributed by atoms with Crippen molar-refractivity contribution in [2.45, 2.75) is 18.9 Å². The van der Waals surface area contributed by atoms with Gasteiger partial charge >= 0.3 is 0 Å². The summed E-state index contributed by atoms with van der Waals surface area (Å²) in [5, 5.41) is 17.8. The van der Waals surface area contributed by atoms with Gasteiger partial charge in [-0.1, -0.05) is 29.8 Å². The zero-order chi connectivity index (χ0) is 26.6. The van der Waals surface area contributed by atoms with Gasteiger partial charge in [0.15, 0.2) is 5.82 Å². The van der Waals surface area contributed by atoms with E-state index in [1.54, 1.807) is 60.1 Å². The third-order valence-electron chi connectivity index (χ3n) is 6.73. The lowest BCUT2D eigenvalue weighted by Crippen LogP contribution is -2.34. The van der Waals surface area contributed by atoms with Gasteiger partial charge in [-0.15, -0.1) is 0 Å². The number of nitrogens with one attached hydrogen (secondary N) is 1. The van der Waals surface area contributed by atoms with Crippen LogP contribution in [0.25, 0.3) is 22.4 Å². The van der Waals surface area contributed by atoms with E-state index in [9.17, 15) is 9.18 Å². The van der Waals surface area contributed by atoms with E-state index in [4.69, 9.17) is 27.7 Å². The molecule has 11 heteroatoms. The van der Waals surface area contributed by atoms with Gasteiger partial charge in [0, 0.05) is 22.2 Å². The average Bonchev–Trinajstić information content (AvgIpc) is 3.39. The fraction of sp³-hybridized carbons (Fsp3) is 0.111. The fourth-order valence-corrected chi connectivity index (χ4v) is 4.90. The van der Waals surface area contributed by atoms with Crippen LogP contribution in [-0.4, -0.2) is 30.6 Å². The van der Waals surface area contributed by atoms with Crippen LogP contribution in [0.4, 0.5) is 16.0 Å². The van der Waals surface area contributed by atoms with Crippen molar-refractivity contribution >= 4 is 40.0 Å². The summed E-state index contributed by atoms with van der Waals surface area (Å²) >= 11 is 6.27. The van der Waals surface area contributed by atoms with Gasteiger partial charge < -0.3 is 11.1 Å². The van der Waals surface area contributed by atoms with Crippen LogP contribution in [0.5, 0.6) is 0 Å². The third-order valence-corrected chi connectivity index (χ3v) is 6.97. The number of pyridine rings is 1. The number of benzene rings is 2. The predicted molar refractivity (Wildman–Crippen MR) is 140 cm³/mol. The molecule has 0 saturated carbocycles. The van der Waals surface area contributed by atoms with E-state index in [1.807, 2.05) is 6.07 Å². The number of hydrogen-bond acceptors (Lipinski definition) is 7. The monoisotopic (exact) mass is 524 g/mol. The lowest BCUT2D eigenvalue weighted by molar-refractivity contribution is -0.119. The normalized spacial score (nSPS) is 16.3. The highest BCUT2D eigenvalue weighted by Crippen LogP contribution is 2.44. The molecule has 2 aromatic carbocycles. The number of nitriles is 1. The summed E-state index contributed by atoms with van der Waals surface area (Å²) in [6.07, 6.45) is 1.40. The molecule has 1 aliphatic heterocycles. The van der Waals surface area contributed by atoms with Crippen LogP contribution in [0, 0.1) is 17.1 Å². The lowest BCUT2D eigenvalue weighted by atomic mass is 9.80. The summed E-state index contributed by atoms with van der Waals surface area (Å²) in [7, 11) is 0. The first-order valence-corrected chi connectivity index (χ1v) is 11.9. The molecule has 186 valence electrons. The Morgan fingerprint density at radius 2 is 2.00 bits per heavy atom. The summed E-state index contributed by atoms with van der Waals surface area (Å²) in [5.74, 6) is -0.196. The highest BCUT2D eigenvalue weighted by Gasteiger charge is 2.48. The van der Waals surface area contributed by atoms with E-state index in [0.29, 0.717) is 44.0 Å². The number of rotatable bonds is 4. The number of aromatic nitrogens is 5. The Morgan fingerprint density at radius 1 is 1.18 bits per heavy atom. The molecule has 0 radical (unpaired) electrons. The van der Waals surface area contributed by atoms with Crippen LogP contribution >= 0.6 is 11.6 Å². The van der Waals surface area contributed by atoms with E-state index in [2.05, 4.69) is 20.3 Å². The number of hydrogen-bond donors (Lipinski definition) is 2. The number of amides is 1. The Labute approximate surface area is 220 Å². The number of nitrogen functional groups attached to an aromatic ring is 1. The third kappa shape index (κ3) is 3.55. The number of anilines is 2. The molecule has 1 unspecified atom stereocenters. The van der Waals surface area contributed by atoms with Crippen LogP contribution in [0.1, 0.15) is 29.3 Å². The first kappa shape index (κ1) is 23.5. The maximum Gasteiger partial charge on any atom is 0.242 e. The second-order valence-corrected chi connectivity index (χ2v) is 9.47. The molecule has 4 heterocycles. The first-order chi connectivity index (χ1) is 18.3. The number of halogens is 2. The van der Waals surface area contributed by atoms with Crippen molar-refractivity contribution in [2.24, 2.45) is 0 Å². The molecule has 6 rings (SSSR count). The number of carbonyl (C=O) groups is 1. The molecule has 0 saturated heterocycles. The van der Waals surface area contributed by atoms with Gasteiger partial charge in [-0.2, -0.15) is 10.4 Å². The number of carbonyl (C=O) groups excluding carboxylic acids is 1. The molecule has 5 aromatic rings. The minimum Gasteiger partial charge on any atom is -0.383 e. The molecule has 38 heavy (non-hydrogen) atoms. The zero-order valence-electron chi connectivity index (χ0n) is 19.9. The maximum atomic E-state index is 14.4. The fourth-order valence-electron chi connectivity index (χ4n) is 4.73. The molecular formula is C27H18ClFN8O. The SMILES string of the molecule is CC1(c2ccc(C#N)cn2)C(=O)Nc2nc(-c3nn(Cc4ccccc4F)c4cc(Cl)ccc34)nc(N)c21. The Morgan fingerprint density at radius 3 is 2.74 bits per heavy atom. The molecule has 1 amide bonds. The van der Waals surface area contributed by atoms with Gasteiger partial charge in [-0.3, -0.25) is 14.5 Å². The minimum absolute atomic E-state index is 0.0859. The number of fused-ring (bicyclic) bond motifs is 2. The minimum atomic E-state index is -1.26. The van der Waals surface area contributed by atoms with Gasteiger partial charge in [0.25, 0.3) is 0 Å². The van der Waals surface area contributed by atoms with Gasteiger partial charge in [-0.05, 0) is 43.3 Å². The number of nitrogens with zero attached hydrogens (tertiary/aromatic N) is 6. The van der Waals surface area contributed by atoms with Crippen molar-refractivity contribution in [3.63, 3.8) is 0 Å².